The molecule has 0 atom stereocenters. The number of aliphatic carboxylic acids is 1. The summed E-state index contributed by atoms with van der Waals surface area (Å²) in [5, 5.41) is 18.9. The molecule has 1 aromatic carbocycles. The first-order chi connectivity index (χ1) is 9.76. The SMILES string of the molecule is N#Cc1cc(S(=O)(=O)NCC(=O)NCC(=O)O)ccc1F. The zero-order chi connectivity index (χ0) is 16.0. The Bertz CT molecular complexity index is 711. The van der Waals surface area contributed by atoms with Crippen molar-refractivity contribution in [3.63, 3.8) is 0 Å². The maximum absolute atomic E-state index is 13.1. The molecule has 21 heavy (non-hydrogen) atoms. The number of carbonyl (C=O) groups is 2. The van der Waals surface area contributed by atoms with E-state index in [1.807, 2.05) is 10.0 Å². The van der Waals surface area contributed by atoms with Gasteiger partial charge in [0.05, 0.1) is 17.0 Å². The molecule has 112 valence electrons. The molecule has 0 aliphatic heterocycles. The fourth-order valence-corrected chi connectivity index (χ4v) is 2.25. The van der Waals surface area contributed by atoms with Crippen molar-refractivity contribution in [2.45, 2.75) is 4.90 Å². The van der Waals surface area contributed by atoms with Gasteiger partial charge in [-0.25, -0.2) is 17.5 Å². The molecule has 0 aliphatic carbocycles. The first-order valence-electron chi connectivity index (χ1n) is 5.44. The van der Waals surface area contributed by atoms with Crippen molar-refractivity contribution >= 4 is 21.9 Å². The topological polar surface area (TPSA) is 136 Å². The van der Waals surface area contributed by atoms with Crippen LogP contribution < -0.4 is 10.0 Å². The van der Waals surface area contributed by atoms with Crippen LogP contribution in [-0.2, 0) is 19.6 Å². The van der Waals surface area contributed by atoms with Gasteiger partial charge in [0.1, 0.15) is 18.4 Å². The van der Waals surface area contributed by atoms with Crippen LogP contribution in [-0.4, -0.2) is 38.5 Å². The van der Waals surface area contributed by atoms with Gasteiger partial charge in [0.25, 0.3) is 0 Å². The Balaban J connectivity index is 2.76. The highest BCUT2D eigenvalue weighted by atomic mass is 32.2. The highest BCUT2D eigenvalue weighted by Gasteiger charge is 2.17. The second kappa shape index (κ2) is 6.78. The minimum absolute atomic E-state index is 0.383. The van der Waals surface area contributed by atoms with Crippen molar-refractivity contribution in [2.75, 3.05) is 13.1 Å². The van der Waals surface area contributed by atoms with E-state index in [0.717, 1.165) is 18.2 Å². The molecule has 0 heterocycles. The van der Waals surface area contributed by atoms with Gasteiger partial charge >= 0.3 is 5.97 Å². The van der Waals surface area contributed by atoms with E-state index in [9.17, 15) is 22.4 Å². The Morgan fingerprint density at radius 1 is 1.33 bits per heavy atom. The van der Waals surface area contributed by atoms with Crippen molar-refractivity contribution in [1.29, 1.82) is 5.26 Å². The van der Waals surface area contributed by atoms with Crippen LogP contribution in [0.4, 0.5) is 4.39 Å². The van der Waals surface area contributed by atoms with Gasteiger partial charge in [-0.3, -0.25) is 9.59 Å². The summed E-state index contributed by atoms with van der Waals surface area (Å²) in [4.78, 5) is 21.0. The van der Waals surface area contributed by atoms with Gasteiger partial charge < -0.3 is 10.4 Å². The smallest absolute Gasteiger partial charge is 0.322 e. The minimum Gasteiger partial charge on any atom is -0.480 e. The maximum atomic E-state index is 13.1. The summed E-state index contributed by atoms with van der Waals surface area (Å²) < 4.78 is 38.6. The first-order valence-corrected chi connectivity index (χ1v) is 6.92. The standard InChI is InChI=1S/C11H10FN3O5S/c12-9-2-1-8(3-7(9)4-13)21(19,20)15-5-10(16)14-6-11(17)18/h1-3,15H,5-6H2,(H,14,16)(H,17,18). The monoisotopic (exact) mass is 315 g/mol. The number of amides is 1. The van der Waals surface area contributed by atoms with Crippen LogP contribution in [0.5, 0.6) is 0 Å². The molecule has 1 amide bonds. The van der Waals surface area contributed by atoms with E-state index in [1.165, 1.54) is 6.07 Å². The third kappa shape index (κ3) is 4.83. The van der Waals surface area contributed by atoms with Gasteiger partial charge in [-0.05, 0) is 18.2 Å². The van der Waals surface area contributed by atoms with Crippen molar-refractivity contribution in [3.05, 3.63) is 29.6 Å². The van der Waals surface area contributed by atoms with Gasteiger partial charge in [0.15, 0.2) is 0 Å². The number of halogens is 1. The normalized spacial score (nSPS) is 10.7. The number of hydrogen-bond acceptors (Lipinski definition) is 5. The molecule has 10 heteroatoms. The molecule has 1 aromatic rings. The molecule has 0 fully saturated rings. The summed E-state index contributed by atoms with van der Waals surface area (Å²) in [6.07, 6.45) is 0. The zero-order valence-electron chi connectivity index (χ0n) is 10.5. The summed E-state index contributed by atoms with van der Waals surface area (Å²) in [7, 11) is -4.12. The van der Waals surface area contributed by atoms with Crippen molar-refractivity contribution in [1.82, 2.24) is 10.0 Å². The number of benzene rings is 1. The lowest BCUT2D eigenvalue weighted by molar-refractivity contribution is -0.137. The molecule has 0 saturated heterocycles. The number of carboxylic acids is 1. The summed E-state index contributed by atoms with van der Waals surface area (Å²) in [5.74, 6) is -2.98. The van der Waals surface area contributed by atoms with Crippen LogP contribution in [0.25, 0.3) is 0 Å². The number of rotatable bonds is 6. The molecule has 0 unspecified atom stereocenters. The van der Waals surface area contributed by atoms with Gasteiger partial charge in [0, 0.05) is 0 Å². The average molecular weight is 315 g/mol. The number of nitriles is 1. The van der Waals surface area contributed by atoms with Crippen LogP contribution >= 0.6 is 0 Å². The first kappa shape index (κ1) is 16.5. The van der Waals surface area contributed by atoms with Crippen LogP contribution in [0, 0.1) is 17.1 Å². The highest BCUT2D eigenvalue weighted by Crippen LogP contribution is 2.14. The lowest BCUT2D eigenvalue weighted by Crippen LogP contribution is -2.39. The fraction of sp³-hybridized carbons (Fsp3) is 0.182. The van der Waals surface area contributed by atoms with Gasteiger partial charge in [-0.2, -0.15) is 5.26 Å². The van der Waals surface area contributed by atoms with Crippen LogP contribution in [0.1, 0.15) is 5.56 Å². The second-order valence-electron chi connectivity index (χ2n) is 3.75. The molecule has 0 bridgehead atoms. The van der Waals surface area contributed by atoms with Crippen molar-refractivity contribution in [2.24, 2.45) is 0 Å². The van der Waals surface area contributed by atoms with Crippen molar-refractivity contribution in [3.8, 4) is 6.07 Å². The summed E-state index contributed by atoms with van der Waals surface area (Å²) >= 11 is 0. The Morgan fingerprint density at radius 3 is 2.57 bits per heavy atom. The fourth-order valence-electron chi connectivity index (χ4n) is 1.24. The second-order valence-corrected chi connectivity index (χ2v) is 5.52. The lowest BCUT2D eigenvalue weighted by atomic mass is 10.2. The molecule has 0 saturated carbocycles. The average Bonchev–Trinajstić information content (AvgIpc) is 2.43. The highest BCUT2D eigenvalue weighted by molar-refractivity contribution is 7.89. The van der Waals surface area contributed by atoms with E-state index in [1.54, 1.807) is 0 Å². The Labute approximate surface area is 119 Å². The Hall–Kier alpha value is -2.51. The maximum Gasteiger partial charge on any atom is 0.322 e. The molecule has 8 nitrogen and oxygen atoms in total. The van der Waals surface area contributed by atoms with E-state index in [0.29, 0.717) is 0 Å². The number of carboxylic acid groups (broad SMARTS) is 1. The predicted octanol–water partition coefficient (Wildman–Crippen LogP) is -0.824. The van der Waals surface area contributed by atoms with E-state index >= 15 is 0 Å². The molecular weight excluding hydrogens is 305 g/mol. The quantitative estimate of drug-likeness (QED) is 0.627. The van der Waals surface area contributed by atoms with Crippen molar-refractivity contribution < 1.29 is 27.5 Å². The molecule has 1 rings (SSSR count). The third-order valence-corrected chi connectivity index (χ3v) is 3.63. The molecule has 3 N–H and O–H groups in total. The molecule has 0 aliphatic rings. The van der Waals surface area contributed by atoms with Crippen LogP contribution in [0.3, 0.4) is 0 Å². The Morgan fingerprint density at radius 2 is 2.00 bits per heavy atom. The minimum atomic E-state index is -4.12. The molecule has 0 radical (unpaired) electrons. The number of sulfonamides is 1. The largest absolute Gasteiger partial charge is 0.480 e. The van der Waals surface area contributed by atoms with Crippen LogP contribution in [0.15, 0.2) is 23.1 Å². The Kier molecular flexibility index (Phi) is 5.34. The van der Waals surface area contributed by atoms with E-state index in [2.05, 4.69) is 0 Å². The van der Waals surface area contributed by atoms with Crippen LogP contribution in [0.2, 0.25) is 0 Å². The molecule has 0 aromatic heterocycles. The lowest BCUT2D eigenvalue weighted by Gasteiger charge is -2.07. The molecular formula is C11H10FN3O5S. The predicted molar refractivity (Wildman–Crippen MR) is 66.9 cm³/mol. The van der Waals surface area contributed by atoms with Gasteiger partial charge in [0.2, 0.25) is 15.9 Å². The summed E-state index contributed by atoms with van der Waals surface area (Å²) in [6, 6.07) is 4.08. The number of nitrogens with one attached hydrogen (secondary N) is 2. The number of carbonyl (C=O) groups excluding carboxylic acids is 1. The van der Waals surface area contributed by atoms with E-state index in [-0.39, 0.29) is 4.90 Å². The van der Waals surface area contributed by atoms with E-state index in [4.69, 9.17) is 10.4 Å². The number of nitrogens with zero attached hydrogens (tertiary/aromatic N) is 1. The summed E-state index contributed by atoms with van der Waals surface area (Å²) in [6.45, 7) is -1.33. The molecule has 0 spiro atoms. The van der Waals surface area contributed by atoms with E-state index < -0.39 is 46.4 Å². The van der Waals surface area contributed by atoms with Gasteiger partial charge in [-0.1, -0.05) is 0 Å². The van der Waals surface area contributed by atoms with Gasteiger partial charge in [-0.15, -0.1) is 0 Å². The number of hydrogen-bond donors (Lipinski definition) is 3. The zero-order valence-corrected chi connectivity index (χ0v) is 11.3. The summed E-state index contributed by atoms with van der Waals surface area (Å²) in [5.41, 5.74) is -0.451. The third-order valence-electron chi connectivity index (χ3n) is 2.23.